The Morgan fingerprint density at radius 1 is 1.04 bits per heavy atom. The number of carbonyl (C=O) groups excluding carboxylic acids is 1. The molecule has 1 N–H and O–H groups in total. The van der Waals surface area contributed by atoms with Crippen LogP contribution in [0.2, 0.25) is 0 Å². The lowest BCUT2D eigenvalue weighted by Gasteiger charge is -2.17. The molecule has 134 valence electrons. The Labute approximate surface area is 151 Å². The van der Waals surface area contributed by atoms with Gasteiger partial charge in [0.1, 0.15) is 5.75 Å². The molecule has 0 spiro atoms. The van der Waals surface area contributed by atoms with E-state index in [2.05, 4.69) is 43.4 Å². The normalized spacial score (nSPS) is 12.1. The van der Waals surface area contributed by atoms with Gasteiger partial charge in [-0.25, -0.2) is 0 Å². The van der Waals surface area contributed by atoms with E-state index in [1.54, 1.807) is 6.92 Å². The van der Waals surface area contributed by atoms with Gasteiger partial charge in [0.25, 0.3) is 5.91 Å². The third-order valence-electron chi connectivity index (χ3n) is 4.59. The van der Waals surface area contributed by atoms with Gasteiger partial charge in [0.15, 0.2) is 6.10 Å². The first-order valence-electron chi connectivity index (χ1n) is 8.98. The molecule has 0 unspecified atom stereocenters. The van der Waals surface area contributed by atoms with E-state index in [0.29, 0.717) is 12.5 Å². The summed E-state index contributed by atoms with van der Waals surface area (Å²) in [6.07, 6.45) is 0.309. The minimum atomic E-state index is -0.510. The highest BCUT2D eigenvalue weighted by Gasteiger charge is 2.15. The number of amides is 1. The second-order valence-electron chi connectivity index (χ2n) is 6.90. The fourth-order valence-corrected chi connectivity index (χ4v) is 2.64. The molecular formula is C22H29NO2. The van der Waals surface area contributed by atoms with Crippen molar-refractivity contribution in [2.75, 3.05) is 6.54 Å². The van der Waals surface area contributed by atoms with Gasteiger partial charge in [-0.05, 0) is 61.4 Å². The van der Waals surface area contributed by atoms with Crippen LogP contribution in [-0.2, 0) is 11.2 Å². The average molecular weight is 339 g/mol. The predicted molar refractivity (Wildman–Crippen MR) is 103 cm³/mol. The van der Waals surface area contributed by atoms with Crippen LogP contribution in [0.1, 0.15) is 48.9 Å². The van der Waals surface area contributed by atoms with Gasteiger partial charge in [0.05, 0.1) is 0 Å². The van der Waals surface area contributed by atoms with Gasteiger partial charge in [-0.2, -0.15) is 0 Å². The Hall–Kier alpha value is -2.29. The molecule has 0 heterocycles. The summed E-state index contributed by atoms with van der Waals surface area (Å²) in [7, 11) is 0. The third kappa shape index (κ3) is 5.35. The van der Waals surface area contributed by atoms with E-state index in [-0.39, 0.29) is 5.91 Å². The first kappa shape index (κ1) is 19.0. The van der Waals surface area contributed by atoms with E-state index in [0.717, 1.165) is 23.3 Å². The molecule has 2 aromatic carbocycles. The van der Waals surface area contributed by atoms with Gasteiger partial charge < -0.3 is 10.1 Å². The molecule has 1 atom stereocenters. The van der Waals surface area contributed by atoms with Crippen molar-refractivity contribution in [2.45, 2.75) is 53.1 Å². The Balaban J connectivity index is 1.82. The fourth-order valence-electron chi connectivity index (χ4n) is 2.64. The molecular weight excluding hydrogens is 310 g/mol. The van der Waals surface area contributed by atoms with Gasteiger partial charge in [-0.15, -0.1) is 0 Å². The van der Waals surface area contributed by atoms with Crippen LogP contribution in [0.5, 0.6) is 5.75 Å². The van der Waals surface area contributed by atoms with Crippen molar-refractivity contribution in [3.05, 3.63) is 64.7 Å². The summed E-state index contributed by atoms with van der Waals surface area (Å²) >= 11 is 0. The molecule has 0 aliphatic rings. The van der Waals surface area contributed by atoms with Crippen LogP contribution >= 0.6 is 0 Å². The standard InChI is InChI=1S/C22H29NO2/c1-15(2)20-11-9-19(10-12-20)13-14-23-22(24)18(5)25-21-8-6-7-16(3)17(21)4/h6-12,15,18H,13-14H2,1-5H3,(H,23,24)/t18-/m1/s1. The van der Waals surface area contributed by atoms with Crippen LogP contribution in [-0.4, -0.2) is 18.6 Å². The van der Waals surface area contributed by atoms with Crippen molar-refractivity contribution in [2.24, 2.45) is 0 Å². The van der Waals surface area contributed by atoms with Gasteiger partial charge in [-0.1, -0.05) is 50.2 Å². The van der Waals surface area contributed by atoms with Gasteiger partial charge in [0, 0.05) is 6.54 Å². The molecule has 0 saturated carbocycles. The topological polar surface area (TPSA) is 38.3 Å². The average Bonchev–Trinajstić information content (AvgIpc) is 2.59. The highest BCUT2D eigenvalue weighted by atomic mass is 16.5. The molecule has 2 rings (SSSR count). The van der Waals surface area contributed by atoms with Gasteiger partial charge >= 0.3 is 0 Å². The molecule has 0 bridgehead atoms. The van der Waals surface area contributed by atoms with Crippen LogP contribution in [0.4, 0.5) is 0 Å². The Bertz CT molecular complexity index is 704. The zero-order chi connectivity index (χ0) is 18.4. The van der Waals surface area contributed by atoms with Crippen LogP contribution in [0.15, 0.2) is 42.5 Å². The summed E-state index contributed by atoms with van der Waals surface area (Å²) in [6.45, 7) is 10.8. The van der Waals surface area contributed by atoms with Crippen molar-refractivity contribution < 1.29 is 9.53 Å². The molecule has 25 heavy (non-hydrogen) atoms. The number of carbonyl (C=O) groups is 1. The predicted octanol–water partition coefficient (Wildman–Crippen LogP) is 4.55. The van der Waals surface area contributed by atoms with Crippen molar-refractivity contribution in [3.8, 4) is 5.75 Å². The molecule has 1 amide bonds. The molecule has 0 aliphatic carbocycles. The van der Waals surface area contributed by atoms with E-state index in [1.807, 2.05) is 32.0 Å². The minimum absolute atomic E-state index is 0.0836. The molecule has 3 heteroatoms. The molecule has 0 aliphatic heterocycles. The van der Waals surface area contributed by atoms with Crippen LogP contribution in [0, 0.1) is 13.8 Å². The molecule has 3 nitrogen and oxygen atoms in total. The molecule has 2 aromatic rings. The lowest BCUT2D eigenvalue weighted by molar-refractivity contribution is -0.127. The summed E-state index contributed by atoms with van der Waals surface area (Å²) in [4.78, 5) is 12.2. The van der Waals surface area contributed by atoms with E-state index in [4.69, 9.17) is 4.74 Å². The fraction of sp³-hybridized carbons (Fsp3) is 0.409. The Kier molecular flexibility index (Phi) is 6.63. The number of aryl methyl sites for hydroxylation is 1. The molecule has 0 aromatic heterocycles. The van der Waals surface area contributed by atoms with Crippen molar-refractivity contribution in [1.82, 2.24) is 5.32 Å². The summed E-state index contributed by atoms with van der Waals surface area (Å²) in [5.74, 6) is 1.23. The van der Waals surface area contributed by atoms with Crippen molar-refractivity contribution in [1.29, 1.82) is 0 Å². The summed E-state index contributed by atoms with van der Waals surface area (Å²) < 4.78 is 5.82. The number of benzene rings is 2. The maximum Gasteiger partial charge on any atom is 0.260 e. The maximum absolute atomic E-state index is 12.2. The SMILES string of the molecule is Cc1cccc(O[C@H](C)C(=O)NCCc2ccc(C(C)C)cc2)c1C. The van der Waals surface area contributed by atoms with Crippen LogP contribution < -0.4 is 10.1 Å². The van der Waals surface area contributed by atoms with E-state index >= 15 is 0 Å². The maximum atomic E-state index is 12.2. The van der Waals surface area contributed by atoms with Crippen molar-refractivity contribution in [3.63, 3.8) is 0 Å². The second-order valence-corrected chi connectivity index (χ2v) is 6.90. The Morgan fingerprint density at radius 3 is 2.36 bits per heavy atom. The van der Waals surface area contributed by atoms with Crippen LogP contribution in [0.3, 0.4) is 0 Å². The number of rotatable bonds is 7. The first-order valence-corrected chi connectivity index (χ1v) is 8.98. The minimum Gasteiger partial charge on any atom is -0.481 e. The highest BCUT2D eigenvalue weighted by molar-refractivity contribution is 5.80. The molecule has 0 radical (unpaired) electrons. The largest absolute Gasteiger partial charge is 0.481 e. The van der Waals surface area contributed by atoms with Gasteiger partial charge in [-0.3, -0.25) is 4.79 Å². The summed E-state index contributed by atoms with van der Waals surface area (Å²) in [5.41, 5.74) is 4.80. The zero-order valence-corrected chi connectivity index (χ0v) is 15.9. The third-order valence-corrected chi connectivity index (χ3v) is 4.59. The number of ether oxygens (including phenoxy) is 1. The Morgan fingerprint density at radius 2 is 1.72 bits per heavy atom. The first-order chi connectivity index (χ1) is 11.9. The van der Waals surface area contributed by atoms with E-state index < -0.39 is 6.10 Å². The second kappa shape index (κ2) is 8.70. The van der Waals surface area contributed by atoms with E-state index in [9.17, 15) is 4.79 Å². The molecule has 0 fully saturated rings. The van der Waals surface area contributed by atoms with Crippen molar-refractivity contribution >= 4 is 5.91 Å². The number of hydrogen-bond donors (Lipinski definition) is 1. The highest BCUT2D eigenvalue weighted by Crippen LogP contribution is 2.21. The lowest BCUT2D eigenvalue weighted by Crippen LogP contribution is -2.37. The lowest BCUT2D eigenvalue weighted by atomic mass is 10.0. The monoisotopic (exact) mass is 339 g/mol. The molecule has 0 saturated heterocycles. The number of nitrogens with one attached hydrogen (secondary N) is 1. The summed E-state index contributed by atoms with van der Waals surface area (Å²) in [6, 6.07) is 14.5. The smallest absolute Gasteiger partial charge is 0.260 e. The quantitative estimate of drug-likeness (QED) is 0.803. The van der Waals surface area contributed by atoms with Gasteiger partial charge in [0.2, 0.25) is 0 Å². The summed E-state index contributed by atoms with van der Waals surface area (Å²) in [5, 5.41) is 2.96. The number of hydrogen-bond acceptors (Lipinski definition) is 2. The van der Waals surface area contributed by atoms with Crippen LogP contribution in [0.25, 0.3) is 0 Å². The van der Waals surface area contributed by atoms with E-state index in [1.165, 1.54) is 11.1 Å². The zero-order valence-electron chi connectivity index (χ0n) is 15.9.